The summed E-state index contributed by atoms with van der Waals surface area (Å²) in [6, 6.07) is 6.66. The summed E-state index contributed by atoms with van der Waals surface area (Å²) in [5.41, 5.74) is 3.14. The molecule has 3 atom stereocenters. The van der Waals surface area contributed by atoms with Gasteiger partial charge in [0.05, 0.1) is 11.4 Å². The number of fused-ring (bicyclic) bond motifs is 2. The molecule has 3 rings (SSSR count). The highest BCUT2D eigenvalue weighted by Gasteiger charge is 2.59. The van der Waals surface area contributed by atoms with Gasteiger partial charge in [-0.2, -0.15) is 0 Å². The molecule has 0 heterocycles. The van der Waals surface area contributed by atoms with Crippen LogP contribution in [0.3, 0.4) is 0 Å². The van der Waals surface area contributed by atoms with Crippen LogP contribution >= 0.6 is 11.6 Å². The number of anilines is 2. The Labute approximate surface area is 133 Å². The van der Waals surface area contributed by atoms with E-state index >= 15 is 0 Å². The second-order valence-corrected chi connectivity index (χ2v) is 8.48. The molecule has 0 saturated heterocycles. The van der Waals surface area contributed by atoms with E-state index in [-0.39, 0.29) is 0 Å². The van der Waals surface area contributed by atoms with Gasteiger partial charge in [-0.15, -0.1) is 0 Å². The Morgan fingerprint density at radius 2 is 1.95 bits per heavy atom. The Bertz CT molecular complexity index is 547. The Morgan fingerprint density at radius 1 is 1.24 bits per heavy atom. The average Bonchev–Trinajstić information content (AvgIpc) is 2.85. The summed E-state index contributed by atoms with van der Waals surface area (Å²) in [7, 11) is 4.17. The Morgan fingerprint density at radius 3 is 2.52 bits per heavy atom. The highest BCUT2D eigenvalue weighted by atomic mass is 35.5. The van der Waals surface area contributed by atoms with Gasteiger partial charge in [0, 0.05) is 25.2 Å². The fraction of sp³-hybridized carbons (Fsp3) is 0.667. The van der Waals surface area contributed by atoms with Crippen molar-refractivity contribution in [1.82, 2.24) is 0 Å². The van der Waals surface area contributed by atoms with Crippen LogP contribution in [0, 0.1) is 16.7 Å². The molecule has 0 aromatic heterocycles. The van der Waals surface area contributed by atoms with Gasteiger partial charge in [-0.05, 0) is 54.2 Å². The molecule has 2 aliphatic carbocycles. The molecule has 2 saturated carbocycles. The number of rotatable bonds is 3. The summed E-state index contributed by atoms with van der Waals surface area (Å²) in [6.45, 7) is 7.32. The highest BCUT2D eigenvalue weighted by Crippen LogP contribution is 2.63. The van der Waals surface area contributed by atoms with Gasteiger partial charge in [-0.3, -0.25) is 0 Å². The number of halogens is 1. The molecule has 2 bridgehead atoms. The molecule has 1 aromatic carbocycles. The molecule has 0 amide bonds. The third-order valence-corrected chi connectivity index (χ3v) is 6.25. The summed E-state index contributed by atoms with van der Waals surface area (Å²) in [6.07, 6.45) is 4.09. The predicted octanol–water partition coefficient (Wildman–Crippen LogP) is 5.03. The Kier molecular flexibility index (Phi) is 3.44. The van der Waals surface area contributed by atoms with Gasteiger partial charge in [0.15, 0.2) is 0 Å². The maximum Gasteiger partial charge on any atom is 0.0597 e. The van der Waals surface area contributed by atoms with Gasteiger partial charge in [-0.1, -0.05) is 32.4 Å². The van der Waals surface area contributed by atoms with Crippen molar-refractivity contribution in [1.29, 1.82) is 0 Å². The average molecular weight is 307 g/mol. The predicted molar refractivity (Wildman–Crippen MR) is 92.4 cm³/mol. The van der Waals surface area contributed by atoms with Crippen LogP contribution in [0.25, 0.3) is 0 Å². The van der Waals surface area contributed by atoms with Crippen LogP contribution in [0.4, 0.5) is 11.4 Å². The zero-order chi connectivity index (χ0) is 15.4. The topological polar surface area (TPSA) is 15.3 Å². The van der Waals surface area contributed by atoms with Crippen LogP contribution < -0.4 is 10.2 Å². The maximum absolute atomic E-state index is 6.23. The first kappa shape index (κ1) is 15.0. The van der Waals surface area contributed by atoms with Gasteiger partial charge in [0.2, 0.25) is 0 Å². The fourth-order valence-electron chi connectivity index (χ4n) is 4.83. The molecule has 3 heteroatoms. The molecule has 0 aliphatic heterocycles. The van der Waals surface area contributed by atoms with E-state index in [9.17, 15) is 0 Å². The zero-order valence-corrected chi connectivity index (χ0v) is 14.6. The van der Waals surface area contributed by atoms with Crippen molar-refractivity contribution >= 4 is 23.0 Å². The van der Waals surface area contributed by atoms with Crippen LogP contribution in [0.15, 0.2) is 18.2 Å². The van der Waals surface area contributed by atoms with Gasteiger partial charge in [-0.25, -0.2) is 0 Å². The summed E-state index contributed by atoms with van der Waals surface area (Å²) < 4.78 is 0. The largest absolute Gasteiger partial charge is 0.379 e. The van der Waals surface area contributed by atoms with Gasteiger partial charge >= 0.3 is 0 Å². The lowest BCUT2D eigenvalue weighted by Crippen LogP contribution is -2.46. The van der Waals surface area contributed by atoms with E-state index < -0.39 is 0 Å². The van der Waals surface area contributed by atoms with Crippen molar-refractivity contribution in [3.8, 4) is 0 Å². The van der Waals surface area contributed by atoms with Gasteiger partial charge < -0.3 is 10.2 Å². The van der Waals surface area contributed by atoms with Crippen molar-refractivity contribution in [2.75, 3.05) is 24.3 Å². The molecular formula is C18H27ClN2. The lowest BCUT2D eigenvalue weighted by molar-refractivity contribution is 0.155. The van der Waals surface area contributed by atoms with Crippen molar-refractivity contribution in [2.24, 2.45) is 16.7 Å². The summed E-state index contributed by atoms with van der Waals surface area (Å²) >= 11 is 6.23. The summed E-state index contributed by atoms with van der Waals surface area (Å²) in [4.78, 5) is 2.15. The maximum atomic E-state index is 6.23. The quantitative estimate of drug-likeness (QED) is 0.842. The van der Waals surface area contributed by atoms with Crippen LogP contribution in [0.1, 0.15) is 40.0 Å². The molecule has 0 radical (unpaired) electrons. The minimum absolute atomic E-state index is 0.346. The Balaban J connectivity index is 1.95. The molecule has 1 unspecified atom stereocenters. The molecule has 2 fully saturated rings. The Hall–Kier alpha value is -0.890. The monoisotopic (exact) mass is 306 g/mol. The van der Waals surface area contributed by atoms with E-state index in [2.05, 4.69) is 57.2 Å². The van der Waals surface area contributed by atoms with Crippen LogP contribution in [-0.2, 0) is 0 Å². The van der Waals surface area contributed by atoms with Crippen LogP contribution in [0.5, 0.6) is 0 Å². The standard InChI is InChI=1S/C18H27ClN2/c1-17(2)12-8-9-18(3,11-12)16(17)20-14-10-13(19)6-7-15(14)21(4)5/h6-7,10,12,16,20H,8-9,11H2,1-5H3/t12-,16?,18+/m0/s1. The van der Waals surface area contributed by atoms with E-state index in [1.54, 1.807) is 0 Å². The SMILES string of the molecule is CN(C)c1ccc(Cl)cc1NC1C(C)(C)[C@H]2CC[C@]1(C)C2. The molecule has 2 nitrogen and oxygen atoms in total. The van der Waals surface area contributed by atoms with Gasteiger partial charge in [0.25, 0.3) is 0 Å². The van der Waals surface area contributed by atoms with Crippen LogP contribution in [0.2, 0.25) is 5.02 Å². The molecule has 0 spiro atoms. The van der Waals surface area contributed by atoms with E-state index in [0.29, 0.717) is 16.9 Å². The lowest BCUT2D eigenvalue weighted by atomic mass is 9.68. The molecule has 116 valence electrons. The lowest BCUT2D eigenvalue weighted by Gasteiger charge is -2.44. The number of benzene rings is 1. The molecule has 1 aromatic rings. The minimum Gasteiger partial charge on any atom is -0.379 e. The van der Waals surface area contributed by atoms with Crippen molar-refractivity contribution in [2.45, 2.75) is 46.1 Å². The number of hydrogen-bond acceptors (Lipinski definition) is 2. The van der Waals surface area contributed by atoms with Crippen molar-refractivity contribution in [3.05, 3.63) is 23.2 Å². The zero-order valence-electron chi connectivity index (χ0n) is 13.8. The first-order chi connectivity index (χ1) is 9.74. The van der Waals surface area contributed by atoms with E-state index in [1.165, 1.54) is 30.6 Å². The fourth-order valence-corrected chi connectivity index (χ4v) is 5.00. The third kappa shape index (κ3) is 2.32. The second-order valence-electron chi connectivity index (χ2n) is 8.05. The van der Waals surface area contributed by atoms with Crippen molar-refractivity contribution < 1.29 is 0 Å². The minimum atomic E-state index is 0.346. The summed E-state index contributed by atoms with van der Waals surface area (Å²) in [5, 5.41) is 4.67. The number of nitrogens with zero attached hydrogens (tertiary/aromatic N) is 1. The highest BCUT2D eigenvalue weighted by molar-refractivity contribution is 6.31. The number of nitrogens with one attached hydrogen (secondary N) is 1. The smallest absolute Gasteiger partial charge is 0.0597 e. The van der Waals surface area contributed by atoms with Gasteiger partial charge in [0.1, 0.15) is 0 Å². The normalized spacial score (nSPS) is 33.2. The van der Waals surface area contributed by atoms with Crippen molar-refractivity contribution in [3.63, 3.8) is 0 Å². The molecule has 2 aliphatic rings. The summed E-state index contributed by atoms with van der Waals surface area (Å²) in [5.74, 6) is 0.849. The van der Waals surface area contributed by atoms with E-state index in [1.807, 2.05) is 6.07 Å². The van der Waals surface area contributed by atoms with E-state index in [0.717, 1.165) is 10.9 Å². The first-order valence-electron chi connectivity index (χ1n) is 7.97. The van der Waals surface area contributed by atoms with E-state index in [4.69, 9.17) is 11.6 Å². The molecule has 21 heavy (non-hydrogen) atoms. The molecular weight excluding hydrogens is 280 g/mol. The van der Waals surface area contributed by atoms with Crippen LogP contribution in [-0.4, -0.2) is 20.1 Å². The molecule has 1 N–H and O–H groups in total. The first-order valence-corrected chi connectivity index (χ1v) is 8.35. The second kappa shape index (κ2) is 4.81. The third-order valence-electron chi connectivity index (χ3n) is 6.01. The number of hydrogen-bond donors (Lipinski definition) is 1.